The number of aromatic amines is 1. The average Bonchev–Trinajstić information content (AvgIpc) is 2.49. The van der Waals surface area contributed by atoms with Gasteiger partial charge in [0.05, 0.1) is 0 Å². The van der Waals surface area contributed by atoms with Crippen molar-refractivity contribution in [3.63, 3.8) is 0 Å². The Morgan fingerprint density at radius 3 is 3.00 bits per heavy atom. The van der Waals surface area contributed by atoms with E-state index in [-0.39, 0.29) is 0 Å². The topological polar surface area (TPSA) is 40.7 Å². The molecule has 0 spiro atoms. The highest BCUT2D eigenvalue weighted by Gasteiger charge is 1.94. The molecule has 0 saturated carbocycles. The van der Waals surface area contributed by atoms with E-state index in [9.17, 15) is 0 Å². The van der Waals surface area contributed by atoms with Crippen LogP contribution >= 0.6 is 0 Å². The third-order valence-corrected chi connectivity index (χ3v) is 1.68. The minimum Gasteiger partial charge on any atom is -0.316 e. The number of nitrogens with zero attached hydrogens (tertiary/aromatic N) is 1. The smallest absolute Gasteiger partial charge is 0.0490 e. The summed E-state index contributed by atoms with van der Waals surface area (Å²) >= 11 is 0. The predicted molar refractivity (Wildman–Crippen MR) is 50.0 cm³/mol. The quantitative estimate of drug-likeness (QED) is 0.647. The van der Waals surface area contributed by atoms with Gasteiger partial charge in [-0.3, -0.25) is 5.10 Å². The molecule has 0 radical (unpaired) electrons. The highest BCUT2D eigenvalue weighted by atomic mass is 15.1. The Labute approximate surface area is 73.6 Å². The first kappa shape index (κ1) is 9.26. The number of nitrogens with one attached hydrogen (secondary N) is 2. The highest BCUT2D eigenvalue weighted by Crippen LogP contribution is 1.92. The summed E-state index contributed by atoms with van der Waals surface area (Å²) in [6, 6.07) is 2.01. The van der Waals surface area contributed by atoms with Gasteiger partial charge < -0.3 is 5.32 Å². The van der Waals surface area contributed by atoms with Crippen LogP contribution in [0, 0.1) is 5.92 Å². The first-order valence-corrected chi connectivity index (χ1v) is 4.48. The Hall–Kier alpha value is -0.830. The lowest BCUT2D eigenvalue weighted by Crippen LogP contribution is -2.22. The molecular formula is C9H17N3. The molecular weight excluding hydrogens is 150 g/mol. The van der Waals surface area contributed by atoms with E-state index in [2.05, 4.69) is 29.4 Å². The molecule has 12 heavy (non-hydrogen) atoms. The number of aromatic nitrogens is 2. The molecule has 0 aliphatic heterocycles. The first-order chi connectivity index (χ1) is 5.79. The molecule has 2 N–H and O–H groups in total. The Morgan fingerprint density at radius 1 is 1.58 bits per heavy atom. The van der Waals surface area contributed by atoms with Gasteiger partial charge in [0.2, 0.25) is 0 Å². The van der Waals surface area contributed by atoms with Crippen molar-refractivity contribution in [3.05, 3.63) is 18.0 Å². The zero-order chi connectivity index (χ0) is 8.81. The molecule has 0 saturated heterocycles. The summed E-state index contributed by atoms with van der Waals surface area (Å²) in [5, 5.41) is 10.2. The van der Waals surface area contributed by atoms with Gasteiger partial charge in [-0.2, -0.15) is 5.10 Å². The van der Waals surface area contributed by atoms with E-state index >= 15 is 0 Å². The van der Waals surface area contributed by atoms with Crippen LogP contribution in [-0.4, -0.2) is 23.3 Å². The summed E-state index contributed by atoms with van der Waals surface area (Å²) in [6.07, 6.45) is 2.82. The summed E-state index contributed by atoms with van der Waals surface area (Å²) < 4.78 is 0. The summed E-state index contributed by atoms with van der Waals surface area (Å²) in [7, 11) is 0. The Kier molecular flexibility index (Phi) is 3.80. The molecule has 0 amide bonds. The predicted octanol–water partition coefficient (Wildman–Crippen LogP) is 1.20. The standard InChI is InChI=1S/C9H17N3/c1-8(2)7-10-5-3-9-4-6-11-12-9/h4,6,8,10H,3,5,7H2,1-2H3,(H,11,12). The molecule has 0 bridgehead atoms. The molecule has 0 aliphatic rings. The van der Waals surface area contributed by atoms with E-state index in [0.29, 0.717) is 0 Å². The SMILES string of the molecule is CC(C)CNCCc1ccn[nH]1. The van der Waals surface area contributed by atoms with Crippen molar-refractivity contribution in [1.82, 2.24) is 15.5 Å². The number of hydrogen-bond donors (Lipinski definition) is 2. The molecule has 1 aromatic rings. The van der Waals surface area contributed by atoms with Crippen LogP contribution in [0.4, 0.5) is 0 Å². The molecule has 68 valence electrons. The van der Waals surface area contributed by atoms with Crippen LogP contribution in [0.15, 0.2) is 12.3 Å². The van der Waals surface area contributed by atoms with Crippen molar-refractivity contribution >= 4 is 0 Å². The van der Waals surface area contributed by atoms with Crippen LogP contribution in [0.25, 0.3) is 0 Å². The van der Waals surface area contributed by atoms with Crippen molar-refractivity contribution in [2.24, 2.45) is 5.92 Å². The highest BCUT2D eigenvalue weighted by molar-refractivity contribution is 4.97. The molecule has 0 atom stereocenters. The average molecular weight is 167 g/mol. The van der Waals surface area contributed by atoms with E-state index in [0.717, 1.165) is 25.4 Å². The van der Waals surface area contributed by atoms with Gasteiger partial charge in [0, 0.05) is 24.9 Å². The Balaban J connectivity index is 2.04. The Morgan fingerprint density at radius 2 is 2.42 bits per heavy atom. The van der Waals surface area contributed by atoms with Gasteiger partial charge in [0.25, 0.3) is 0 Å². The fraction of sp³-hybridized carbons (Fsp3) is 0.667. The van der Waals surface area contributed by atoms with Crippen LogP contribution in [-0.2, 0) is 6.42 Å². The summed E-state index contributed by atoms with van der Waals surface area (Å²) in [5.41, 5.74) is 1.20. The molecule has 0 aromatic carbocycles. The van der Waals surface area contributed by atoms with Crippen molar-refractivity contribution in [2.45, 2.75) is 20.3 Å². The monoisotopic (exact) mass is 167 g/mol. The van der Waals surface area contributed by atoms with E-state index in [1.807, 2.05) is 6.07 Å². The van der Waals surface area contributed by atoms with Crippen molar-refractivity contribution in [3.8, 4) is 0 Å². The van der Waals surface area contributed by atoms with Crippen LogP contribution in [0.3, 0.4) is 0 Å². The lowest BCUT2D eigenvalue weighted by molar-refractivity contribution is 0.552. The van der Waals surface area contributed by atoms with Gasteiger partial charge in [0.1, 0.15) is 0 Å². The lowest BCUT2D eigenvalue weighted by Gasteiger charge is -2.05. The van der Waals surface area contributed by atoms with Gasteiger partial charge in [-0.05, 0) is 18.5 Å². The van der Waals surface area contributed by atoms with Gasteiger partial charge in [-0.15, -0.1) is 0 Å². The molecule has 1 aromatic heterocycles. The maximum Gasteiger partial charge on any atom is 0.0490 e. The Bertz CT molecular complexity index is 192. The van der Waals surface area contributed by atoms with Crippen molar-refractivity contribution < 1.29 is 0 Å². The molecule has 1 heterocycles. The van der Waals surface area contributed by atoms with Crippen molar-refractivity contribution in [1.29, 1.82) is 0 Å². The summed E-state index contributed by atoms with van der Waals surface area (Å²) in [5.74, 6) is 0.728. The maximum absolute atomic E-state index is 3.88. The second-order valence-electron chi connectivity index (χ2n) is 3.43. The van der Waals surface area contributed by atoms with Crippen molar-refractivity contribution in [2.75, 3.05) is 13.1 Å². The lowest BCUT2D eigenvalue weighted by atomic mass is 10.2. The van der Waals surface area contributed by atoms with Crippen LogP contribution in [0.1, 0.15) is 19.5 Å². The minimum atomic E-state index is 0.728. The molecule has 0 unspecified atom stereocenters. The van der Waals surface area contributed by atoms with Gasteiger partial charge in [0.15, 0.2) is 0 Å². The van der Waals surface area contributed by atoms with Gasteiger partial charge in [-0.1, -0.05) is 13.8 Å². The molecule has 1 rings (SSSR count). The second kappa shape index (κ2) is 4.93. The van der Waals surface area contributed by atoms with E-state index < -0.39 is 0 Å². The fourth-order valence-electron chi connectivity index (χ4n) is 1.04. The van der Waals surface area contributed by atoms with E-state index in [4.69, 9.17) is 0 Å². The zero-order valence-electron chi connectivity index (χ0n) is 7.80. The largest absolute Gasteiger partial charge is 0.316 e. The molecule has 0 aliphatic carbocycles. The third kappa shape index (κ3) is 3.53. The summed E-state index contributed by atoms with van der Waals surface area (Å²) in [6.45, 7) is 6.54. The summed E-state index contributed by atoms with van der Waals surface area (Å²) in [4.78, 5) is 0. The van der Waals surface area contributed by atoms with Gasteiger partial charge in [-0.25, -0.2) is 0 Å². The van der Waals surface area contributed by atoms with Crippen LogP contribution < -0.4 is 5.32 Å². The molecule has 3 heteroatoms. The first-order valence-electron chi connectivity index (χ1n) is 4.48. The normalized spacial score (nSPS) is 10.9. The van der Waals surface area contributed by atoms with E-state index in [1.165, 1.54) is 5.69 Å². The number of hydrogen-bond acceptors (Lipinski definition) is 2. The molecule has 3 nitrogen and oxygen atoms in total. The third-order valence-electron chi connectivity index (χ3n) is 1.68. The van der Waals surface area contributed by atoms with Crippen LogP contribution in [0.2, 0.25) is 0 Å². The minimum absolute atomic E-state index is 0.728. The zero-order valence-corrected chi connectivity index (χ0v) is 7.80. The fourth-order valence-corrected chi connectivity index (χ4v) is 1.04. The number of H-pyrrole nitrogens is 1. The van der Waals surface area contributed by atoms with Crippen LogP contribution in [0.5, 0.6) is 0 Å². The maximum atomic E-state index is 3.88. The number of rotatable bonds is 5. The second-order valence-corrected chi connectivity index (χ2v) is 3.43. The van der Waals surface area contributed by atoms with E-state index in [1.54, 1.807) is 6.20 Å². The molecule has 0 fully saturated rings. The van der Waals surface area contributed by atoms with Gasteiger partial charge >= 0.3 is 0 Å².